The van der Waals surface area contributed by atoms with Crippen molar-refractivity contribution in [2.75, 3.05) is 26.2 Å². The molecule has 3 rings (SSSR count). The average molecular weight is 314 g/mol. The van der Waals surface area contributed by atoms with E-state index in [1.54, 1.807) is 6.92 Å². The maximum Gasteiger partial charge on any atom is 0.230 e. The molecule has 0 spiro atoms. The van der Waals surface area contributed by atoms with Crippen LogP contribution in [-0.4, -0.2) is 52.1 Å². The molecule has 0 radical (unpaired) electrons. The van der Waals surface area contributed by atoms with Gasteiger partial charge in [0.2, 0.25) is 17.7 Å². The number of aromatic nitrogens is 2. The summed E-state index contributed by atoms with van der Waals surface area (Å²) in [5.41, 5.74) is 1.21. The Balaban J connectivity index is 1.42. The fourth-order valence-corrected chi connectivity index (χ4v) is 2.80. The molecule has 6 nitrogen and oxygen atoms in total. The molecule has 1 aromatic heterocycles. The Bertz CT molecular complexity index is 633. The van der Waals surface area contributed by atoms with Crippen LogP contribution in [0.3, 0.4) is 0 Å². The van der Waals surface area contributed by atoms with Crippen molar-refractivity contribution in [1.29, 1.82) is 0 Å². The Morgan fingerprint density at radius 2 is 1.87 bits per heavy atom. The zero-order chi connectivity index (χ0) is 16.1. The Kier molecular flexibility index (Phi) is 5.02. The largest absolute Gasteiger partial charge is 0.424 e. The van der Waals surface area contributed by atoms with Crippen LogP contribution in [-0.2, 0) is 17.8 Å². The van der Waals surface area contributed by atoms with Gasteiger partial charge >= 0.3 is 0 Å². The average Bonchev–Trinajstić information content (AvgIpc) is 2.99. The molecule has 6 heteroatoms. The van der Waals surface area contributed by atoms with E-state index >= 15 is 0 Å². The van der Waals surface area contributed by atoms with Crippen molar-refractivity contribution in [3.8, 4) is 0 Å². The monoisotopic (exact) mass is 314 g/mol. The van der Waals surface area contributed by atoms with Crippen LogP contribution in [0.2, 0.25) is 0 Å². The third-order valence-electron chi connectivity index (χ3n) is 4.12. The van der Waals surface area contributed by atoms with E-state index in [2.05, 4.69) is 27.2 Å². The van der Waals surface area contributed by atoms with Gasteiger partial charge in [0.25, 0.3) is 0 Å². The van der Waals surface area contributed by atoms with Gasteiger partial charge in [0, 0.05) is 39.5 Å². The van der Waals surface area contributed by atoms with Gasteiger partial charge < -0.3 is 9.32 Å². The second-order valence-electron chi connectivity index (χ2n) is 5.86. The molecule has 2 heterocycles. The molecular weight excluding hydrogens is 292 g/mol. The van der Waals surface area contributed by atoms with Crippen LogP contribution in [0.4, 0.5) is 0 Å². The number of carbonyl (C=O) groups excluding carboxylic acids is 1. The lowest BCUT2D eigenvalue weighted by molar-refractivity contribution is -0.133. The molecule has 0 unspecified atom stereocenters. The molecular formula is C17H22N4O2. The molecule has 23 heavy (non-hydrogen) atoms. The van der Waals surface area contributed by atoms with Crippen molar-refractivity contribution in [3.63, 3.8) is 0 Å². The Labute approximate surface area is 136 Å². The van der Waals surface area contributed by atoms with E-state index in [9.17, 15) is 4.79 Å². The molecule has 0 bridgehead atoms. The van der Waals surface area contributed by atoms with Crippen molar-refractivity contribution in [2.45, 2.75) is 26.3 Å². The smallest absolute Gasteiger partial charge is 0.230 e. The van der Waals surface area contributed by atoms with Crippen LogP contribution in [0.1, 0.15) is 23.8 Å². The number of nitrogens with zero attached hydrogens (tertiary/aromatic N) is 4. The molecule has 0 N–H and O–H groups in total. The van der Waals surface area contributed by atoms with Crippen molar-refractivity contribution < 1.29 is 9.21 Å². The highest BCUT2D eigenvalue weighted by molar-refractivity contribution is 5.76. The summed E-state index contributed by atoms with van der Waals surface area (Å²) in [6, 6.07) is 10.2. The first-order valence-electron chi connectivity index (χ1n) is 8.04. The van der Waals surface area contributed by atoms with Gasteiger partial charge in [-0.05, 0) is 12.0 Å². The quantitative estimate of drug-likeness (QED) is 0.840. The van der Waals surface area contributed by atoms with Crippen molar-refractivity contribution in [1.82, 2.24) is 20.0 Å². The van der Waals surface area contributed by atoms with Crippen molar-refractivity contribution in [3.05, 3.63) is 47.7 Å². The second kappa shape index (κ2) is 7.37. The summed E-state index contributed by atoms with van der Waals surface area (Å²) >= 11 is 0. The van der Waals surface area contributed by atoms with Gasteiger partial charge in [-0.15, -0.1) is 10.2 Å². The summed E-state index contributed by atoms with van der Waals surface area (Å²) in [4.78, 5) is 16.5. The summed E-state index contributed by atoms with van der Waals surface area (Å²) < 4.78 is 5.40. The Morgan fingerprint density at radius 3 is 2.52 bits per heavy atom. The minimum absolute atomic E-state index is 0.238. The number of piperazine rings is 1. The fourth-order valence-electron chi connectivity index (χ4n) is 2.80. The molecule has 1 fully saturated rings. The van der Waals surface area contributed by atoms with Gasteiger partial charge in [0.05, 0.1) is 6.54 Å². The van der Waals surface area contributed by atoms with Crippen molar-refractivity contribution in [2.24, 2.45) is 0 Å². The number of aryl methyl sites for hydroxylation is 2. The zero-order valence-corrected chi connectivity index (χ0v) is 13.4. The van der Waals surface area contributed by atoms with Crippen LogP contribution in [0.25, 0.3) is 0 Å². The summed E-state index contributed by atoms with van der Waals surface area (Å²) in [5.74, 6) is 1.48. The van der Waals surface area contributed by atoms with Crippen molar-refractivity contribution >= 4 is 5.91 Å². The lowest BCUT2D eigenvalue weighted by Crippen LogP contribution is -2.48. The van der Waals surface area contributed by atoms with Gasteiger partial charge in [-0.1, -0.05) is 30.3 Å². The summed E-state index contributed by atoms with van der Waals surface area (Å²) in [6.45, 7) is 5.67. The Morgan fingerprint density at radius 1 is 1.13 bits per heavy atom. The molecule has 1 saturated heterocycles. The fraction of sp³-hybridized carbons (Fsp3) is 0.471. The van der Waals surface area contributed by atoms with E-state index in [-0.39, 0.29) is 5.91 Å². The molecule has 0 saturated carbocycles. The lowest BCUT2D eigenvalue weighted by Gasteiger charge is -2.34. The Hall–Kier alpha value is -2.21. The van der Waals surface area contributed by atoms with Crippen LogP contribution in [0, 0.1) is 6.92 Å². The summed E-state index contributed by atoms with van der Waals surface area (Å²) in [5, 5.41) is 7.86. The summed E-state index contributed by atoms with van der Waals surface area (Å²) in [7, 11) is 0. The molecule has 1 amide bonds. The molecule has 1 aliphatic heterocycles. The number of amides is 1. The van der Waals surface area contributed by atoms with E-state index < -0.39 is 0 Å². The lowest BCUT2D eigenvalue weighted by atomic mass is 10.1. The van der Waals surface area contributed by atoms with E-state index in [0.717, 1.165) is 32.6 Å². The second-order valence-corrected chi connectivity index (χ2v) is 5.86. The minimum atomic E-state index is 0.238. The topological polar surface area (TPSA) is 62.5 Å². The van der Waals surface area contributed by atoms with Crippen LogP contribution >= 0.6 is 0 Å². The molecule has 122 valence electrons. The molecule has 0 atom stereocenters. The van der Waals surface area contributed by atoms with Gasteiger partial charge in [-0.2, -0.15) is 0 Å². The predicted octanol–water partition coefficient (Wildman–Crippen LogP) is 1.66. The van der Waals surface area contributed by atoms with Gasteiger partial charge in [-0.25, -0.2) is 0 Å². The first-order chi connectivity index (χ1) is 11.2. The number of carbonyl (C=O) groups is 1. The van der Waals surface area contributed by atoms with Gasteiger partial charge in [-0.3, -0.25) is 9.69 Å². The van der Waals surface area contributed by atoms with E-state index in [1.807, 2.05) is 23.1 Å². The zero-order valence-electron chi connectivity index (χ0n) is 13.4. The van der Waals surface area contributed by atoms with Crippen LogP contribution in [0.15, 0.2) is 34.7 Å². The first kappa shape index (κ1) is 15.7. The number of hydrogen-bond acceptors (Lipinski definition) is 5. The van der Waals surface area contributed by atoms with Gasteiger partial charge in [0.1, 0.15) is 0 Å². The molecule has 1 aromatic carbocycles. The maximum atomic E-state index is 12.3. The summed E-state index contributed by atoms with van der Waals surface area (Å²) in [6.07, 6.45) is 1.38. The third-order valence-corrected chi connectivity index (χ3v) is 4.12. The number of benzene rings is 1. The molecule has 2 aromatic rings. The van der Waals surface area contributed by atoms with E-state index in [4.69, 9.17) is 4.42 Å². The van der Waals surface area contributed by atoms with E-state index in [1.165, 1.54) is 5.56 Å². The van der Waals surface area contributed by atoms with Crippen LogP contribution in [0.5, 0.6) is 0 Å². The number of rotatable bonds is 5. The maximum absolute atomic E-state index is 12.3. The highest BCUT2D eigenvalue weighted by Crippen LogP contribution is 2.10. The normalized spacial score (nSPS) is 15.8. The standard InChI is InChI=1S/C17H22N4O2/c1-14-18-19-16(23-14)13-20-9-11-21(12-10-20)17(22)8-7-15-5-3-2-4-6-15/h2-6H,7-13H2,1H3. The first-order valence-corrected chi connectivity index (χ1v) is 8.04. The molecule has 0 aliphatic carbocycles. The van der Waals surface area contributed by atoms with Crippen LogP contribution < -0.4 is 0 Å². The van der Waals surface area contributed by atoms with Gasteiger partial charge in [0.15, 0.2) is 0 Å². The van der Waals surface area contributed by atoms with E-state index in [0.29, 0.717) is 24.7 Å². The third kappa shape index (κ3) is 4.39. The highest BCUT2D eigenvalue weighted by atomic mass is 16.4. The SMILES string of the molecule is Cc1nnc(CN2CCN(C(=O)CCc3ccccc3)CC2)o1. The minimum Gasteiger partial charge on any atom is -0.424 e. The predicted molar refractivity (Wildman–Crippen MR) is 85.7 cm³/mol. The highest BCUT2D eigenvalue weighted by Gasteiger charge is 2.22. The number of hydrogen-bond donors (Lipinski definition) is 0. The molecule has 1 aliphatic rings.